The van der Waals surface area contributed by atoms with Gasteiger partial charge in [0.25, 0.3) is 0 Å². The normalized spacial score (nSPS) is 14.3. The molecular formula is C41H68N8O9. The van der Waals surface area contributed by atoms with Crippen molar-refractivity contribution in [1.29, 1.82) is 0 Å². The first-order valence-electron chi connectivity index (χ1n) is 20.2. The SMILES string of the molecule is CC(C)CC(NC(=O)[C@H](Cc1cnc[nH]1)NC(=O)[C@H](Cc1ccccc1)NC(=O)OC(C)(C)C)C(O)CC(=O)N[C@@H](CC(C)C)C(=O)NCCCN(CCO)CCO. The van der Waals surface area contributed by atoms with Gasteiger partial charge < -0.3 is 51.6 Å². The van der Waals surface area contributed by atoms with Crippen molar-refractivity contribution in [2.45, 2.75) is 123 Å². The molecule has 2 aromatic rings. The van der Waals surface area contributed by atoms with E-state index in [0.717, 1.165) is 5.56 Å². The highest BCUT2D eigenvalue weighted by Crippen LogP contribution is 2.14. The Labute approximate surface area is 342 Å². The summed E-state index contributed by atoms with van der Waals surface area (Å²) in [6.07, 6.45) is 1.72. The third kappa shape index (κ3) is 20.2. The van der Waals surface area contributed by atoms with Crippen LogP contribution in [0.2, 0.25) is 0 Å². The molecule has 0 spiro atoms. The minimum absolute atomic E-state index is 0.0000570. The van der Waals surface area contributed by atoms with E-state index in [1.165, 1.54) is 12.5 Å². The molecule has 0 aliphatic heterocycles. The minimum atomic E-state index is -1.35. The molecule has 9 N–H and O–H groups in total. The molecule has 58 heavy (non-hydrogen) atoms. The van der Waals surface area contributed by atoms with Gasteiger partial charge in [0, 0.05) is 44.4 Å². The number of aliphatic hydroxyl groups is 3. The van der Waals surface area contributed by atoms with Crippen molar-refractivity contribution < 1.29 is 44.0 Å². The molecule has 0 bridgehead atoms. The zero-order chi connectivity index (χ0) is 43.3. The second kappa shape index (κ2) is 25.7. The van der Waals surface area contributed by atoms with Crippen LogP contribution in [0, 0.1) is 11.8 Å². The van der Waals surface area contributed by atoms with Gasteiger partial charge in [-0.25, -0.2) is 9.78 Å². The Bertz CT molecular complexity index is 1510. The fourth-order valence-electron chi connectivity index (χ4n) is 6.25. The van der Waals surface area contributed by atoms with E-state index in [2.05, 4.69) is 36.6 Å². The van der Waals surface area contributed by atoms with Crippen LogP contribution in [0.1, 0.15) is 85.4 Å². The molecule has 0 fully saturated rings. The van der Waals surface area contributed by atoms with E-state index in [0.29, 0.717) is 51.1 Å². The summed E-state index contributed by atoms with van der Waals surface area (Å²) in [6, 6.07) is 5.01. The van der Waals surface area contributed by atoms with Gasteiger partial charge >= 0.3 is 6.09 Å². The van der Waals surface area contributed by atoms with Gasteiger partial charge in [-0.1, -0.05) is 58.0 Å². The summed E-state index contributed by atoms with van der Waals surface area (Å²) in [5.74, 6) is -2.17. The first kappa shape index (κ1) is 49.6. The predicted octanol–water partition coefficient (Wildman–Crippen LogP) is 1.18. The van der Waals surface area contributed by atoms with Crippen molar-refractivity contribution in [3.8, 4) is 0 Å². The van der Waals surface area contributed by atoms with Gasteiger partial charge in [-0.3, -0.25) is 24.1 Å². The summed E-state index contributed by atoms with van der Waals surface area (Å²) < 4.78 is 5.42. The number of aromatic nitrogens is 2. The Morgan fingerprint density at radius 1 is 0.793 bits per heavy atom. The number of aliphatic hydroxyl groups excluding tert-OH is 3. The summed E-state index contributed by atoms with van der Waals surface area (Å²) >= 11 is 0. The summed E-state index contributed by atoms with van der Waals surface area (Å²) in [7, 11) is 0. The highest BCUT2D eigenvalue weighted by Gasteiger charge is 2.33. The van der Waals surface area contributed by atoms with Gasteiger partial charge in [0.2, 0.25) is 23.6 Å². The average Bonchev–Trinajstić information content (AvgIpc) is 3.64. The number of hydrogen-bond donors (Lipinski definition) is 9. The van der Waals surface area contributed by atoms with Crippen LogP contribution < -0.4 is 26.6 Å². The van der Waals surface area contributed by atoms with Gasteiger partial charge in [0.1, 0.15) is 23.7 Å². The Morgan fingerprint density at radius 3 is 1.98 bits per heavy atom. The number of alkyl carbamates (subject to hydrolysis) is 1. The topological polar surface area (TPSA) is 247 Å². The monoisotopic (exact) mass is 817 g/mol. The fourth-order valence-corrected chi connectivity index (χ4v) is 6.25. The standard InChI is InChI=1S/C41H68N8O9/c1-27(2)20-31(35(52)24-36(53)45-32(21-28(3)4)37(54)43-14-11-15-49(16-18-50)17-19-51)46-39(56)34(23-30-25-42-26-44-30)47-38(55)33(22-29-12-9-8-10-13-29)48-40(57)58-41(5,6)7/h8-10,12-13,25-28,31-35,50-52H,11,14-24H2,1-7H3,(H,42,44)(H,43,54)(H,45,53)(H,46,56)(H,47,55)(H,48,57)/t31?,32-,33-,34-,35?/m0/s1. The maximum Gasteiger partial charge on any atom is 0.408 e. The maximum absolute atomic E-state index is 14.0. The van der Waals surface area contributed by atoms with Gasteiger partial charge in [0.15, 0.2) is 0 Å². The highest BCUT2D eigenvalue weighted by atomic mass is 16.6. The van der Waals surface area contributed by atoms with Gasteiger partial charge in [0.05, 0.1) is 38.1 Å². The number of nitrogens with one attached hydrogen (secondary N) is 6. The zero-order valence-electron chi connectivity index (χ0n) is 35.3. The lowest BCUT2D eigenvalue weighted by atomic mass is 9.96. The number of imidazole rings is 1. The quantitative estimate of drug-likeness (QED) is 0.0611. The lowest BCUT2D eigenvalue weighted by molar-refractivity contribution is -0.132. The largest absolute Gasteiger partial charge is 0.444 e. The molecule has 0 aliphatic carbocycles. The average molecular weight is 817 g/mol. The summed E-state index contributed by atoms with van der Waals surface area (Å²) in [6.45, 7) is 14.4. The van der Waals surface area contributed by atoms with E-state index in [1.807, 2.05) is 62.9 Å². The summed E-state index contributed by atoms with van der Waals surface area (Å²) in [4.78, 5) is 76.1. The Morgan fingerprint density at radius 2 is 1.41 bits per heavy atom. The molecular weight excluding hydrogens is 748 g/mol. The van der Waals surface area contributed by atoms with Crippen molar-refractivity contribution in [2.24, 2.45) is 11.8 Å². The molecule has 17 heteroatoms. The van der Waals surface area contributed by atoms with E-state index in [4.69, 9.17) is 4.74 Å². The predicted molar refractivity (Wildman–Crippen MR) is 219 cm³/mol. The number of carbonyl (C=O) groups is 5. The number of amides is 5. The van der Waals surface area contributed by atoms with Crippen LogP contribution in [0.15, 0.2) is 42.9 Å². The second-order valence-corrected chi connectivity index (χ2v) is 16.4. The fraction of sp³-hybridized carbons (Fsp3) is 0.659. The van der Waals surface area contributed by atoms with E-state index < -0.39 is 66.1 Å². The zero-order valence-corrected chi connectivity index (χ0v) is 35.3. The number of H-pyrrole nitrogens is 1. The molecule has 5 atom stereocenters. The first-order valence-corrected chi connectivity index (χ1v) is 20.2. The molecule has 1 aromatic heterocycles. The molecule has 0 saturated carbocycles. The first-order chi connectivity index (χ1) is 27.4. The molecule has 0 aliphatic rings. The molecule has 2 rings (SSSR count). The number of aromatic amines is 1. The second-order valence-electron chi connectivity index (χ2n) is 16.4. The van der Waals surface area contributed by atoms with Crippen LogP contribution in [0.25, 0.3) is 0 Å². The van der Waals surface area contributed by atoms with Crippen LogP contribution in [0.5, 0.6) is 0 Å². The van der Waals surface area contributed by atoms with E-state index >= 15 is 0 Å². The van der Waals surface area contributed by atoms with Crippen molar-refractivity contribution in [3.63, 3.8) is 0 Å². The molecule has 1 heterocycles. The number of benzene rings is 1. The van der Waals surface area contributed by atoms with Gasteiger partial charge in [-0.15, -0.1) is 0 Å². The number of hydrogen-bond acceptors (Lipinski definition) is 11. The lowest BCUT2D eigenvalue weighted by Gasteiger charge is -2.29. The van der Waals surface area contributed by atoms with Crippen molar-refractivity contribution in [3.05, 3.63) is 54.1 Å². The molecule has 0 saturated heterocycles. The van der Waals surface area contributed by atoms with Crippen LogP contribution >= 0.6 is 0 Å². The van der Waals surface area contributed by atoms with Crippen LogP contribution in [0.4, 0.5) is 4.79 Å². The third-order valence-corrected chi connectivity index (χ3v) is 8.96. The number of nitrogens with zero attached hydrogens (tertiary/aromatic N) is 2. The summed E-state index contributed by atoms with van der Waals surface area (Å²) in [5.41, 5.74) is 0.485. The summed E-state index contributed by atoms with van der Waals surface area (Å²) in [5, 5.41) is 43.8. The van der Waals surface area contributed by atoms with Crippen molar-refractivity contribution in [1.82, 2.24) is 41.5 Å². The molecule has 17 nitrogen and oxygen atoms in total. The van der Waals surface area contributed by atoms with Crippen molar-refractivity contribution in [2.75, 3.05) is 39.4 Å². The van der Waals surface area contributed by atoms with E-state index in [-0.39, 0.29) is 43.8 Å². The van der Waals surface area contributed by atoms with Crippen LogP contribution in [-0.2, 0) is 36.8 Å². The Kier molecular flexibility index (Phi) is 22.0. The van der Waals surface area contributed by atoms with Gasteiger partial charge in [-0.2, -0.15) is 0 Å². The Balaban J connectivity index is 2.20. The molecule has 326 valence electrons. The van der Waals surface area contributed by atoms with Crippen molar-refractivity contribution >= 4 is 29.7 Å². The maximum atomic E-state index is 14.0. The minimum Gasteiger partial charge on any atom is -0.444 e. The smallest absolute Gasteiger partial charge is 0.408 e. The molecule has 0 radical (unpaired) electrons. The Hall–Kier alpha value is -4.58. The number of rotatable bonds is 26. The molecule has 2 unspecified atom stereocenters. The van der Waals surface area contributed by atoms with E-state index in [9.17, 15) is 39.3 Å². The number of ether oxygens (including phenoxy) is 1. The third-order valence-electron chi connectivity index (χ3n) is 8.96. The van der Waals surface area contributed by atoms with Crippen LogP contribution in [-0.4, -0.2) is 135 Å². The van der Waals surface area contributed by atoms with Crippen LogP contribution in [0.3, 0.4) is 0 Å². The number of carbonyl (C=O) groups excluding carboxylic acids is 5. The highest BCUT2D eigenvalue weighted by molar-refractivity contribution is 5.92. The van der Waals surface area contributed by atoms with E-state index in [1.54, 1.807) is 20.8 Å². The lowest BCUT2D eigenvalue weighted by Crippen LogP contribution is -2.58. The molecule has 1 aromatic carbocycles. The van der Waals surface area contributed by atoms with Gasteiger partial charge in [-0.05, 0) is 64.0 Å². The molecule has 5 amide bonds.